The van der Waals surface area contributed by atoms with Crippen molar-refractivity contribution < 1.29 is 14.6 Å². The fourth-order valence-electron chi connectivity index (χ4n) is 3.58. The average molecular weight is 346 g/mol. The summed E-state index contributed by atoms with van der Waals surface area (Å²) in [6.07, 6.45) is 0.640. The molecular formula is C18H22N2O3S. The zero-order valence-corrected chi connectivity index (χ0v) is 14.4. The van der Waals surface area contributed by atoms with Gasteiger partial charge in [-0.1, -0.05) is 18.2 Å². The number of thiophene rings is 1. The number of amides is 1. The number of hydrogen-bond acceptors (Lipinski definition) is 5. The Bertz CT molecular complexity index is 708. The zero-order chi connectivity index (χ0) is 16.6. The first-order valence-corrected chi connectivity index (χ1v) is 9.25. The largest absolute Gasteiger partial charge is 0.387 e. The predicted molar refractivity (Wildman–Crippen MR) is 94.6 cm³/mol. The maximum atomic E-state index is 12.8. The molecular weight excluding hydrogens is 324 g/mol. The van der Waals surface area contributed by atoms with E-state index in [1.54, 1.807) is 4.90 Å². The lowest BCUT2D eigenvalue weighted by Gasteiger charge is -2.33. The van der Waals surface area contributed by atoms with Crippen LogP contribution in [0.1, 0.15) is 16.1 Å². The fraction of sp³-hybridized carbons (Fsp3) is 0.500. The molecule has 2 fully saturated rings. The molecule has 0 radical (unpaired) electrons. The molecule has 1 N–H and O–H groups in total. The number of nitrogens with zero attached hydrogens (tertiary/aromatic N) is 2. The van der Waals surface area contributed by atoms with E-state index < -0.39 is 5.60 Å². The number of carbonyl (C=O) groups is 1. The number of benzene rings is 1. The number of carbonyl (C=O) groups excluding carboxylic acids is 1. The molecule has 6 heteroatoms. The molecule has 1 aromatic heterocycles. The van der Waals surface area contributed by atoms with Crippen LogP contribution in [0.3, 0.4) is 0 Å². The lowest BCUT2D eigenvalue weighted by molar-refractivity contribution is -0.0257. The van der Waals surface area contributed by atoms with Crippen LogP contribution in [-0.2, 0) is 4.74 Å². The molecule has 0 saturated carbocycles. The second kappa shape index (κ2) is 6.44. The SMILES string of the molecule is O=C(c1cc2ccccc2s1)N1CCC(O)(CN2CCOCC2)C1. The van der Waals surface area contributed by atoms with Crippen LogP contribution in [0.15, 0.2) is 30.3 Å². The van der Waals surface area contributed by atoms with Crippen LogP contribution in [-0.4, -0.2) is 72.4 Å². The second-order valence-electron chi connectivity index (χ2n) is 6.74. The number of rotatable bonds is 3. The molecule has 2 saturated heterocycles. The van der Waals surface area contributed by atoms with E-state index >= 15 is 0 Å². The molecule has 0 aliphatic carbocycles. The second-order valence-corrected chi connectivity index (χ2v) is 7.82. The predicted octanol–water partition coefficient (Wildman–Crippen LogP) is 1.81. The summed E-state index contributed by atoms with van der Waals surface area (Å²) in [6, 6.07) is 10.0. The van der Waals surface area contributed by atoms with Gasteiger partial charge >= 0.3 is 0 Å². The first-order chi connectivity index (χ1) is 11.6. The van der Waals surface area contributed by atoms with Crippen LogP contribution in [0, 0.1) is 0 Å². The van der Waals surface area contributed by atoms with Gasteiger partial charge in [-0.15, -0.1) is 11.3 Å². The van der Waals surface area contributed by atoms with Crippen LogP contribution in [0.2, 0.25) is 0 Å². The van der Waals surface area contributed by atoms with Gasteiger partial charge in [0.1, 0.15) is 0 Å². The van der Waals surface area contributed by atoms with Crippen molar-refractivity contribution >= 4 is 27.3 Å². The Labute approximate surface area is 145 Å². The van der Waals surface area contributed by atoms with Gasteiger partial charge in [-0.2, -0.15) is 0 Å². The van der Waals surface area contributed by atoms with Gasteiger partial charge in [0, 0.05) is 30.9 Å². The van der Waals surface area contributed by atoms with Gasteiger partial charge < -0.3 is 14.7 Å². The molecule has 1 amide bonds. The molecule has 2 aromatic rings. The molecule has 128 valence electrons. The highest BCUT2D eigenvalue weighted by Gasteiger charge is 2.40. The molecule has 2 aliphatic heterocycles. The molecule has 1 atom stereocenters. The quantitative estimate of drug-likeness (QED) is 0.921. The number of fused-ring (bicyclic) bond motifs is 1. The topological polar surface area (TPSA) is 53.0 Å². The van der Waals surface area contributed by atoms with Crippen LogP contribution in [0.4, 0.5) is 0 Å². The lowest BCUT2D eigenvalue weighted by Crippen LogP contribution is -2.49. The van der Waals surface area contributed by atoms with Crippen LogP contribution in [0.25, 0.3) is 10.1 Å². The molecule has 1 unspecified atom stereocenters. The molecule has 4 rings (SSSR count). The number of aliphatic hydroxyl groups is 1. The first-order valence-electron chi connectivity index (χ1n) is 8.43. The summed E-state index contributed by atoms with van der Waals surface area (Å²) in [4.78, 5) is 17.6. The number of β-amino-alcohol motifs (C(OH)–C–C–N with tert-alkyl or cyclic N) is 1. The number of likely N-dealkylation sites (tertiary alicyclic amines) is 1. The highest BCUT2D eigenvalue weighted by Crippen LogP contribution is 2.29. The summed E-state index contributed by atoms with van der Waals surface area (Å²) in [5, 5.41) is 12.0. The summed E-state index contributed by atoms with van der Waals surface area (Å²) in [7, 11) is 0. The van der Waals surface area contributed by atoms with Crippen molar-refractivity contribution in [2.45, 2.75) is 12.0 Å². The van der Waals surface area contributed by atoms with Crippen molar-refractivity contribution in [2.24, 2.45) is 0 Å². The number of morpholine rings is 1. The Kier molecular flexibility index (Phi) is 4.30. The molecule has 3 heterocycles. The Morgan fingerprint density at radius 1 is 1.25 bits per heavy atom. The minimum Gasteiger partial charge on any atom is -0.387 e. The van der Waals surface area contributed by atoms with Crippen molar-refractivity contribution in [1.82, 2.24) is 9.80 Å². The smallest absolute Gasteiger partial charge is 0.264 e. The summed E-state index contributed by atoms with van der Waals surface area (Å²) in [5.41, 5.74) is -0.802. The summed E-state index contributed by atoms with van der Waals surface area (Å²) in [6.45, 7) is 4.80. The van der Waals surface area contributed by atoms with E-state index in [-0.39, 0.29) is 5.91 Å². The van der Waals surface area contributed by atoms with E-state index in [2.05, 4.69) is 4.90 Å². The third-order valence-electron chi connectivity index (χ3n) is 4.88. The van der Waals surface area contributed by atoms with Crippen molar-refractivity contribution in [3.05, 3.63) is 35.2 Å². The molecule has 5 nitrogen and oxygen atoms in total. The van der Waals surface area contributed by atoms with E-state index in [0.717, 1.165) is 41.3 Å². The number of ether oxygens (including phenoxy) is 1. The maximum absolute atomic E-state index is 12.8. The van der Waals surface area contributed by atoms with Crippen LogP contribution in [0.5, 0.6) is 0 Å². The van der Waals surface area contributed by atoms with Crippen molar-refractivity contribution in [1.29, 1.82) is 0 Å². The normalized spacial score (nSPS) is 25.5. The van der Waals surface area contributed by atoms with Crippen LogP contribution < -0.4 is 0 Å². The monoisotopic (exact) mass is 346 g/mol. The zero-order valence-electron chi connectivity index (χ0n) is 13.6. The standard InChI is InChI=1S/C18H22N2O3S/c21-17(16-11-14-3-1-2-4-15(14)24-16)20-6-5-18(22,13-20)12-19-7-9-23-10-8-19/h1-4,11,22H,5-10,12-13H2. The van der Waals surface area contributed by atoms with E-state index in [1.165, 1.54) is 11.3 Å². The average Bonchev–Trinajstić information content (AvgIpc) is 3.19. The highest BCUT2D eigenvalue weighted by molar-refractivity contribution is 7.20. The third kappa shape index (κ3) is 3.19. The fourth-order valence-corrected chi connectivity index (χ4v) is 4.61. The molecule has 1 aromatic carbocycles. The van der Waals surface area contributed by atoms with Gasteiger partial charge in [-0.3, -0.25) is 9.69 Å². The Morgan fingerprint density at radius 3 is 2.83 bits per heavy atom. The summed E-state index contributed by atoms with van der Waals surface area (Å²) < 4.78 is 6.49. The lowest BCUT2D eigenvalue weighted by atomic mass is 10.0. The Hall–Kier alpha value is -1.47. The van der Waals surface area contributed by atoms with Crippen molar-refractivity contribution in [3.63, 3.8) is 0 Å². The molecule has 0 spiro atoms. The molecule has 24 heavy (non-hydrogen) atoms. The minimum atomic E-state index is -0.802. The van der Waals surface area contributed by atoms with Gasteiger partial charge in [0.15, 0.2) is 0 Å². The van der Waals surface area contributed by atoms with Crippen molar-refractivity contribution in [2.75, 3.05) is 45.9 Å². The van der Waals surface area contributed by atoms with Gasteiger partial charge in [-0.25, -0.2) is 0 Å². The minimum absolute atomic E-state index is 0.0362. The first kappa shape index (κ1) is 16.0. The van der Waals surface area contributed by atoms with Gasteiger partial charge in [-0.05, 0) is 23.9 Å². The van der Waals surface area contributed by atoms with E-state index in [9.17, 15) is 9.90 Å². The van der Waals surface area contributed by atoms with E-state index in [0.29, 0.717) is 26.1 Å². The van der Waals surface area contributed by atoms with Gasteiger partial charge in [0.2, 0.25) is 0 Å². The van der Waals surface area contributed by atoms with Gasteiger partial charge in [0.25, 0.3) is 5.91 Å². The molecule has 2 aliphatic rings. The third-order valence-corrected chi connectivity index (χ3v) is 5.98. The summed E-state index contributed by atoms with van der Waals surface area (Å²) >= 11 is 1.53. The van der Waals surface area contributed by atoms with Crippen molar-refractivity contribution in [3.8, 4) is 0 Å². The van der Waals surface area contributed by atoms with E-state index in [4.69, 9.17) is 4.74 Å². The number of hydrogen-bond donors (Lipinski definition) is 1. The summed E-state index contributed by atoms with van der Waals surface area (Å²) in [5.74, 6) is 0.0362. The Morgan fingerprint density at radius 2 is 2.04 bits per heavy atom. The Balaban J connectivity index is 1.44. The van der Waals surface area contributed by atoms with E-state index in [1.807, 2.05) is 30.3 Å². The maximum Gasteiger partial charge on any atom is 0.264 e. The van der Waals surface area contributed by atoms with Gasteiger partial charge in [0.05, 0.1) is 30.2 Å². The van der Waals surface area contributed by atoms with Crippen LogP contribution >= 0.6 is 11.3 Å². The molecule has 0 bridgehead atoms. The highest BCUT2D eigenvalue weighted by atomic mass is 32.1.